The Morgan fingerprint density at radius 3 is 2.41 bits per heavy atom. The van der Waals surface area contributed by atoms with Gasteiger partial charge < -0.3 is 9.73 Å². The minimum Gasteiger partial charge on any atom is -0.457 e. The number of carbonyl (C=O) groups excluding carboxylic acids is 1. The molecule has 6 heteroatoms. The highest BCUT2D eigenvalue weighted by molar-refractivity contribution is 9.10. The van der Waals surface area contributed by atoms with Crippen molar-refractivity contribution < 1.29 is 18.0 Å². The average Bonchev–Trinajstić information content (AvgIpc) is 2.70. The molecule has 1 aromatic carbocycles. The van der Waals surface area contributed by atoms with Gasteiger partial charge in [-0.1, -0.05) is 6.07 Å². The molecule has 0 unspecified atom stereocenters. The number of benzene rings is 1. The summed E-state index contributed by atoms with van der Waals surface area (Å²) < 4.78 is 31.6. The van der Waals surface area contributed by atoms with Gasteiger partial charge in [0.1, 0.15) is 17.3 Å². The number of carbonyl (C=O) groups is 1. The topological polar surface area (TPSA) is 42.2 Å². The zero-order chi connectivity index (χ0) is 12.4. The van der Waals surface area contributed by atoms with Gasteiger partial charge in [0, 0.05) is 0 Å². The fourth-order valence-electron chi connectivity index (χ4n) is 1.25. The van der Waals surface area contributed by atoms with E-state index in [1.54, 1.807) is 0 Å². The molecule has 0 saturated heterocycles. The number of anilines is 1. The molecule has 2 rings (SSSR count). The number of nitrogens with one attached hydrogen (secondary N) is 1. The first-order chi connectivity index (χ1) is 8.09. The minimum absolute atomic E-state index is 0.160. The first-order valence-electron chi connectivity index (χ1n) is 4.58. The lowest BCUT2D eigenvalue weighted by atomic mass is 10.2. The smallest absolute Gasteiger partial charge is 0.260 e. The van der Waals surface area contributed by atoms with E-state index in [2.05, 4.69) is 21.2 Å². The van der Waals surface area contributed by atoms with E-state index in [1.807, 2.05) is 0 Å². The van der Waals surface area contributed by atoms with Crippen molar-refractivity contribution in [3.8, 4) is 0 Å². The van der Waals surface area contributed by atoms with E-state index in [9.17, 15) is 13.6 Å². The lowest BCUT2D eigenvalue weighted by molar-refractivity contribution is 0.102. The van der Waals surface area contributed by atoms with E-state index in [4.69, 9.17) is 4.42 Å². The Morgan fingerprint density at radius 2 is 1.88 bits per heavy atom. The molecule has 0 radical (unpaired) electrons. The molecule has 17 heavy (non-hydrogen) atoms. The van der Waals surface area contributed by atoms with Gasteiger partial charge in [-0.25, -0.2) is 8.78 Å². The third-order valence-corrected chi connectivity index (χ3v) is 2.68. The van der Waals surface area contributed by atoms with Crippen molar-refractivity contribution in [3.63, 3.8) is 0 Å². The van der Waals surface area contributed by atoms with Gasteiger partial charge in [-0.05, 0) is 34.1 Å². The summed E-state index contributed by atoms with van der Waals surface area (Å²) in [5.41, 5.74) is -0.321. The van der Waals surface area contributed by atoms with Crippen LogP contribution in [0.3, 0.4) is 0 Å². The Hall–Kier alpha value is -1.69. The summed E-state index contributed by atoms with van der Waals surface area (Å²) in [4.78, 5) is 11.7. The van der Waals surface area contributed by atoms with Gasteiger partial charge in [0.05, 0.1) is 11.8 Å². The van der Waals surface area contributed by atoms with E-state index in [1.165, 1.54) is 18.4 Å². The largest absolute Gasteiger partial charge is 0.457 e. The summed E-state index contributed by atoms with van der Waals surface area (Å²) in [7, 11) is 0. The lowest BCUT2D eigenvalue weighted by Crippen LogP contribution is -2.14. The fraction of sp³-hybridized carbons (Fsp3) is 0. The van der Waals surface area contributed by atoms with E-state index in [0.29, 0.717) is 0 Å². The van der Waals surface area contributed by atoms with Gasteiger partial charge in [0.15, 0.2) is 4.67 Å². The SMILES string of the molecule is O=C(Nc1c(F)cccc1F)c1ccoc1Br. The van der Waals surface area contributed by atoms with Gasteiger partial charge in [-0.15, -0.1) is 0 Å². The summed E-state index contributed by atoms with van der Waals surface area (Å²) in [5, 5.41) is 2.14. The third-order valence-electron chi connectivity index (χ3n) is 2.06. The van der Waals surface area contributed by atoms with Gasteiger partial charge in [-0.2, -0.15) is 0 Å². The highest BCUT2D eigenvalue weighted by Gasteiger charge is 2.16. The van der Waals surface area contributed by atoms with Crippen LogP contribution in [0.2, 0.25) is 0 Å². The first-order valence-corrected chi connectivity index (χ1v) is 5.37. The maximum Gasteiger partial charge on any atom is 0.260 e. The molecule has 0 spiro atoms. The van der Waals surface area contributed by atoms with Crippen LogP contribution in [0.4, 0.5) is 14.5 Å². The number of amides is 1. The van der Waals surface area contributed by atoms with Crippen molar-refractivity contribution in [1.29, 1.82) is 0 Å². The lowest BCUT2D eigenvalue weighted by Gasteiger charge is -2.06. The van der Waals surface area contributed by atoms with Crippen LogP contribution < -0.4 is 5.32 Å². The summed E-state index contributed by atoms with van der Waals surface area (Å²) in [5.74, 6) is -2.33. The summed E-state index contributed by atoms with van der Waals surface area (Å²) in [6.45, 7) is 0. The quantitative estimate of drug-likeness (QED) is 0.921. The number of furan rings is 1. The molecule has 1 heterocycles. The van der Waals surface area contributed by atoms with Crippen molar-refractivity contribution >= 4 is 27.5 Å². The van der Waals surface area contributed by atoms with Crippen LogP contribution >= 0.6 is 15.9 Å². The highest BCUT2D eigenvalue weighted by Crippen LogP contribution is 2.22. The Kier molecular flexibility index (Phi) is 3.23. The maximum absolute atomic E-state index is 13.3. The Labute approximate surface area is 104 Å². The van der Waals surface area contributed by atoms with Crippen molar-refractivity contribution in [2.24, 2.45) is 0 Å². The molecule has 1 N–H and O–H groups in total. The van der Waals surface area contributed by atoms with Crippen molar-refractivity contribution in [1.82, 2.24) is 0 Å². The maximum atomic E-state index is 13.3. The third kappa shape index (κ3) is 2.36. The molecule has 2 aromatic rings. The van der Waals surface area contributed by atoms with Crippen LogP contribution in [0.5, 0.6) is 0 Å². The highest BCUT2D eigenvalue weighted by atomic mass is 79.9. The van der Waals surface area contributed by atoms with E-state index in [-0.39, 0.29) is 10.2 Å². The van der Waals surface area contributed by atoms with E-state index < -0.39 is 23.2 Å². The molecule has 3 nitrogen and oxygen atoms in total. The molecule has 0 aliphatic heterocycles. The fourth-order valence-corrected chi connectivity index (χ4v) is 1.67. The van der Waals surface area contributed by atoms with Crippen LogP contribution in [0.15, 0.2) is 39.6 Å². The van der Waals surface area contributed by atoms with Gasteiger partial charge in [-0.3, -0.25) is 4.79 Å². The van der Waals surface area contributed by atoms with Crippen LogP contribution in [-0.2, 0) is 0 Å². The van der Waals surface area contributed by atoms with Gasteiger partial charge >= 0.3 is 0 Å². The van der Waals surface area contributed by atoms with Crippen LogP contribution in [-0.4, -0.2) is 5.91 Å². The van der Waals surface area contributed by atoms with Crippen LogP contribution in [0.1, 0.15) is 10.4 Å². The number of hydrogen-bond donors (Lipinski definition) is 1. The predicted molar refractivity (Wildman–Crippen MR) is 60.7 cm³/mol. The van der Waals surface area contributed by atoms with Crippen molar-refractivity contribution in [2.45, 2.75) is 0 Å². The second-order valence-electron chi connectivity index (χ2n) is 3.16. The molecular weight excluding hydrogens is 296 g/mol. The standard InChI is InChI=1S/C11H6BrF2NO2/c12-10-6(4-5-17-10)11(16)15-9-7(13)2-1-3-8(9)14/h1-5H,(H,15,16). The number of rotatable bonds is 2. The number of para-hydroxylation sites is 1. The molecule has 1 amide bonds. The number of hydrogen-bond acceptors (Lipinski definition) is 2. The second kappa shape index (κ2) is 4.67. The van der Waals surface area contributed by atoms with Crippen LogP contribution in [0.25, 0.3) is 0 Å². The Morgan fingerprint density at radius 1 is 1.24 bits per heavy atom. The minimum atomic E-state index is -0.835. The summed E-state index contributed by atoms with van der Waals surface area (Å²) in [6.07, 6.45) is 1.29. The Balaban J connectivity index is 2.28. The Bertz CT molecular complexity index is 548. The van der Waals surface area contributed by atoms with Gasteiger partial charge in [0.2, 0.25) is 0 Å². The first kappa shape index (κ1) is 11.8. The molecule has 0 aliphatic carbocycles. The zero-order valence-corrected chi connectivity index (χ0v) is 9.92. The second-order valence-corrected chi connectivity index (χ2v) is 3.88. The molecule has 0 bridgehead atoms. The molecule has 0 fully saturated rings. The number of halogens is 3. The zero-order valence-electron chi connectivity index (χ0n) is 8.34. The van der Waals surface area contributed by atoms with E-state index in [0.717, 1.165) is 12.1 Å². The predicted octanol–water partition coefficient (Wildman–Crippen LogP) is 3.57. The molecule has 1 aromatic heterocycles. The summed E-state index contributed by atoms with van der Waals surface area (Å²) >= 11 is 3.00. The summed E-state index contributed by atoms with van der Waals surface area (Å²) in [6, 6.07) is 4.72. The molecule has 0 atom stereocenters. The molecular formula is C11H6BrF2NO2. The molecule has 0 aliphatic rings. The van der Waals surface area contributed by atoms with E-state index >= 15 is 0 Å². The van der Waals surface area contributed by atoms with Gasteiger partial charge in [0.25, 0.3) is 5.91 Å². The van der Waals surface area contributed by atoms with Crippen LogP contribution in [0, 0.1) is 11.6 Å². The normalized spacial score (nSPS) is 10.3. The molecule has 88 valence electrons. The molecule has 0 saturated carbocycles. The monoisotopic (exact) mass is 301 g/mol. The van der Waals surface area contributed by atoms with Crippen molar-refractivity contribution in [2.75, 3.05) is 5.32 Å². The average molecular weight is 302 g/mol. The van der Waals surface area contributed by atoms with Crippen molar-refractivity contribution in [3.05, 3.63) is 52.4 Å².